The molecule has 0 N–H and O–H groups in total. The van der Waals surface area contributed by atoms with Crippen molar-refractivity contribution in [3.63, 3.8) is 0 Å². The summed E-state index contributed by atoms with van der Waals surface area (Å²) in [5.74, 6) is 0.918. The number of carbonyl (C=O) groups is 1. The average Bonchev–Trinajstić information content (AvgIpc) is 3.05. The van der Waals surface area contributed by atoms with Crippen LogP contribution >= 0.6 is 0 Å². The minimum absolute atomic E-state index is 0.0348. The molecular formula is C24H41N5O2. The van der Waals surface area contributed by atoms with Gasteiger partial charge in [-0.15, -0.1) is 0 Å². The highest BCUT2D eigenvalue weighted by molar-refractivity contribution is 5.76. The first-order valence-electron chi connectivity index (χ1n) is 12.2. The fourth-order valence-corrected chi connectivity index (χ4v) is 5.72. The van der Waals surface area contributed by atoms with Crippen molar-refractivity contribution >= 4 is 5.91 Å². The van der Waals surface area contributed by atoms with Gasteiger partial charge in [-0.2, -0.15) is 5.10 Å². The Morgan fingerprint density at radius 1 is 1.16 bits per heavy atom. The van der Waals surface area contributed by atoms with Crippen LogP contribution in [0.2, 0.25) is 0 Å². The average molecular weight is 432 g/mol. The molecular weight excluding hydrogens is 390 g/mol. The van der Waals surface area contributed by atoms with E-state index in [0.29, 0.717) is 12.6 Å². The van der Waals surface area contributed by atoms with Crippen molar-refractivity contribution in [1.82, 2.24) is 24.5 Å². The van der Waals surface area contributed by atoms with E-state index in [2.05, 4.69) is 28.7 Å². The van der Waals surface area contributed by atoms with Gasteiger partial charge in [-0.25, -0.2) is 0 Å². The zero-order valence-electron chi connectivity index (χ0n) is 20.0. The zero-order chi connectivity index (χ0) is 22.0. The number of aryl methyl sites for hydroxylation is 2. The highest BCUT2D eigenvalue weighted by Crippen LogP contribution is 2.37. The molecule has 0 unspecified atom stereocenters. The van der Waals surface area contributed by atoms with Gasteiger partial charge in [0.05, 0.1) is 11.3 Å². The molecule has 7 heteroatoms. The summed E-state index contributed by atoms with van der Waals surface area (Å²) in [7, 11) is 0. The Hall–Kier alpha value is -1.44. The summed E-state index contributed by atoms with van der Waals surface area (Å²) >= 11 is 0. The number of hydrogen-bond acceptors (Lipinski definition) is 5. The summed E-state index contributed by atoms with van der Waals surface area (Å²) in [6, 6.07) is 2.66. The van der Waals surface area contributed by atoms with E-state index in [1.54, 1.807) is 0 Å². The second kappa shape index (κ2) is 9.59. The summed E-state index contributed by atoms with van der Waals surface area (Å²) in [5.41, 5.74) is 1.98. The minimum Gasteiger partial charge on any atom is -0.375 e. The molecule has 3 fully saturated rings. The van der Waals surface area contributed by atoms with E-state index in [1.165, 1.54) is 32.7 Å². The predicted octanol–water partition coefficient (Wildman–Crippen LogP) is 2.31. The van der Waals surface area contributed by atoms with Crippen molar-refractivity contribution in [3.8, 4) is 0 Å². The third-order valence-corrected chi connectivity index (χ3v) is 7.43. The Morgan fingerprint density at radius 3 is 2.48 bits per heavy atom. The second-order valence-corrected chi connectivity index (χ2v) is 10.4. The van der Waals surface area contributed by atoms with Gasteiger partial charge in [0.25, 0.3) is 0 Å². The standard InChI is InChI=1S/C24H41N5O2/c1-19(2)17-26-10-12-27(13-11-26)22-5-14-31-24(16-22)6-8-28(9-7-24)23(30)18-29-21(4)15-20(3)25-29/h15,19,22H,5-14,16-18H2,1-4H3/t22-/m0/s1. The maximum Gasteiger partial charge on any atom is 0.244 e. The Balaban J connectivity index is 1.27. The van der Waals surface area contributed by atoms with Gasteiger partial charge in [-0.3, -0.25) is 14.4 Å². The fourth-order valence-electron chi connectivity index (χ4n) is 5.72. The van der Waals surface area contributed by atoms with E-state index in [-0.39, 0.29) is 11.5 Å². The lowest BCUT2D eigenvalue weighted by Crippen LogP contribution is -2.57. The van der Waals surface area contributed by atoms with E-state index in [1.807, 2.05) is 29.5 Å². The molecule has 0 aliphatic carbocycles. The van der Waals surface area contributed by atoms with Gasteiger partial charge >= 0.3 is 0 Å². The maximum absolute atomic E-state index is 12.8. The number of hydrogen-bond donors (Lipinski definition) is 0. The van der Waals surface area contributed by atoms with Crippen molar-refractivity contribution < 1.29 is 9.53 Å². The van der Waals surface area contributed by atoms with Crippen molar-refractivity contribution in [2.75, 3.05) is 52.4 Å². The molecule has 0 saturated carbocycles. The summed E-state index contributed by atoms with van der Waals surface area (Å²) in [5, 5.41) is 4.45. The lowest BCUT2D eigenvalue weighted by atomic mass is 9.81. The zero-order valence-corrected chi connectivity index (χ0v) is 20.0. The van der Waals surface area contributed by atoms with Crippen LogP contribution in [0.1, 0.15) is 50.9 Å². The van der Waals surface area contributed by atoms with Gasteiger partial charge in [-0.05, 0) is 51.5 Å². The van der Waals surface area contributed by atoms with E-state index in [9.17, 15) is 4.79 Å². The summed E-state index contributed by atoms with van der Waals surface area (Å²) in [6.07, 6.45) is 4.18. The predicted molar refractivity (Wildman–Crippen MR) is 122 cm³/mol. The highest BCUT2D eigenvalue weighted by Gasteiger charge is 2.43. The Labute approximate surface area is 187 Å². The third-order valence-electron chi connectivity index (χ3n) is 7.43. The summed E-state index contributed by atoms with van der Waals surface area (Å²) in [4.78, 5) is 20.2. The quantitative estimate of drug-likeness (QED) is 0.716. The molecule has 1 aromatic rings. The van der Waals surface area contributed by atoms with Crippen LogP contribution in [0.4, 0.5) is 0 Å². The fraction of sp³-hybridized carbons (Fsp3) is 0.833. The molecule has 1 spiro atoms. The molecule has 1 atom stereocenters. The summed E-state index contributed by atoms with van der Waals surface area (Å²) < 4.78 is 8.20. The van der Waals surface area contributed by atoms with E-state index >= 15 is 0 Å². The molecule has 3 aliphatic heterocycles. The van der Waals surface area contributed by atoms with Gasteiger partial charge in [0.2, 0.25) is 5.91 Å². The topological polar surface area (TPSA) is 53.8 Å². The Kier molecular flexibility index (Phi) is 7.04. The van der Waals surface area contributed by atoms with Crippen LogP contribution in [0.15, 0.2) is 6.07 Å². The number of piperazine rings is 1. The number of ether oxygens (including phenoxy) is 1. The normalized spacial score (nSPS) is 25.5. The van der Waals surface area contributed by atoms with Gasteiger partial charge in [0.15, 0.2) is 0 Å². The Morgan fingerprint density at radius 2 is 1.87 bits per heavy atom. The van der Waals surface area contributed by atoms with E-state index < -0.39 is 0 Å². The highest BCUT2D eigenvalue weighted by atomic mass is 16.5. The number of carbonyl (C=O) groups excluding carboxylic acids is 1. The van der Waals surface area contributed by atoms with Crippen LogP contribution < -0.4 is 0 Å². The molecule has 1 amide bonds. The molecule has 4 heterocycles. The van der Waals surface area contributed by atoms with Gasteiger partial charge < -0.3 is 14.5 Å². The number of nitrogens with zero attached hydrogens (tertiary/aromatic N) is 5. The second-order valence-electron chi connectivity index (χ2n) is 10.4. The number of aromatic nitrogens is 2. The molecule has 7 nitrogen and oxygen atoms in total. The van der Waals surface area contributed by atoms with Crippen molar-refractivity contribution in [1.29, 1.82) is 0 Å². The van der Waals surface area contributed by atoms with Crippen LogP contribution in [0.3, 0.4) is 0 Å². The smallest absolute Gasteiger partial charge is 0.244 e. The first-order valence-corrected chi connectivity index (χ1v) is 12.2. The Bertz CT molecular complexity index is 745. The monoisotopic (exact) mass is 431 g/mol. The van der Waals surface area contributed by atoms with E-state index in [0.717, 1.165) is 62.7 Å². The molecule has 0 aromatic carbocycles. The minimum atomic E-state index is -0.0348. The van der Waals surface area contributed by atoms with Crippen molar-refractivity contribution in [2.24, 2.45) is 5.92 Å². The molecule has 31 heavy (non-hydrogen) atoms. The summed E-state index contributed by atoms with van der Waals surface area (Å²) in [6.45, 7) is 17.4. The lowest BCUT2D eigenvalue weighted by Gasteiger charge is -2.49. The van der Waals surface area contributed by atoms with Crippen LogP contribution in [0, 0.1) is 19.8 Å². The molecule has 3 aliphatic rings. The SMILES string of the molecule is Cc1cc(C)n(CC(=O)N2CCC3(CC2)C[C@@H](N2CCN(CC(C)C)CC2)CCO3)n1. The molecule has 0 radical (unpaired) electrons. The molecule has 1 aromatic heterocycles. The van der Waals surface area contributed by atoms with Crippen LogP contribution in [0.25, 0.3) is 0 Å². The number of likely N-dealkylation sites (tertiary alicyclic amines) is 1. The van der Waals surface area contributed by atoms with Gasteiger partial charge in [0, 0.05) is 64.2 Å². The van der Waals surface area contributed by atoms with Gasteiger partial charge in [0.1, 0.15) is 6.54 Å². The number of amides is 1. The van der Waals surface area contributed by atoms with Gasteiger partial charge in [-0.1, -0.05) is 13.8 Å². The van der Waals surface area contributed by atoms with Crippen LogP contribution in [0.5, 0.6) is 0 Å². The van der Waals surface area contributed by atoms with E-state index in [4.69, 9.17) is 4.74 Å². The first-order chi connectivity index (χ1) is 14.8. The molecule has 3 saturated heterocycles. The van der Waals surface area contributed by atoms with Crippen LogP contribution in [-0.4, -0.2) is 94.5 Å². The molecule has 4 rings (SSSR count). The lowest BCUT2D eigenvalue weighted by molar-refractivity contribution is -0.150. The maximum atomic E-state index is 12.8. The van der Waals surface area contributed by atoms with Crippen molar-refractivity contribution in [3.05, 3.63) is 17.5 Å². The van der Waals surface area contributed by atoms with Crippen molar-refractivity contribution in [2.45, 2.75) is 71.6 Å². The third kappa shape index (κ3) is 5.49. The largest absolute Gasteiger partial charge is 0.375 e. The molecule has 0 bridgehead atoms. The number of rotatable bonds is 5. The first kappa shape index (κ1) is 22.7. The number of piperidine rings is 1. The van der Waals surface area contributed by atoms with Crippen LogP contribution in [-0.2, 0) is 16.1 Å². The molecule has 174 valence electrons.